The second kappa shape index (κ2) is 4.52. The van der Waals surface area contributed by atoms with Gasteiger partial charge in [-0.2, -0.15) is 0 Å². The van der Waals surface area contributed by atoms with Gasteiger partial charge in [-0.05, 0) is 31.4 Å². The standard InChI is InChI=1S/C14H16O2/c1-3-4-7-12-9-11-8-5-6-10(2)13(11)16-14(12)15/h5-6,8-9H,3-4,7H2,1-2H3. The zero-order valence-electron chi connectivity index (χ0n) is 9.75. The van der Waals surface area contributed by atoms with Gasteiger partial charge in [-0.3, -0.25) is 0 Å². The maximum atomic E-state index is 11.7. The third-order valence-electron chi connectivity index (χ3n) is 2.83. The number of unbranched alkanes of at least 4 members (excludes halogenated alkanes) is 1. The van der Waals surface area contributed by atoms with Gasteiger partial charge in [-0.1, -0.05) is 31.5 Å². The van der Waals surface area contributed by atoms with E-state index in [1.54, 1.807) is 0 Å². The fourth-order valence-electron chi connectivity index (χ4n) is 1.87. The van der Waals surface area contributed by atoms with Crippen molar-refractivity contribution in [3.63, 3.8) is 0 Å². The maximum absolute atomic E-state index is 11.7. The number of hydrogen-bond donors (Lipinski definition) is 0. The van der Waals surface area contributed by atoms with Crippen molar-refractivity contribution >= 4 is 11.0 Å². The van der Waals surface area contributed by atoms with E-state index in [9.17, 15) is 4.79 Å². The van der Waals surface area contributed by atoms with E-state index >= 15 is 0 Å². The third kappa shape index (κ3) is 2.01. The molecule has 1 aromatic heterocycles. The Balaban J connectivity index is 2.54. The van der Waals surface area contributed by atoms with E-state index in [1.165, 1.54) is 0 Å². The van der Waals surface area contributed by atoms with Gasteiger partial charge in [0.05, 0.1) is 0 Å². The average molecular weight is 216 g/mol. The topological polar surface area (TPSA) is 30.2 Å². The van der Waals surface area contributed by atoms with Crippen molar-refractivity contribution in [2.75, 3.05) is 0 Å². The largest absolute Gasteiger partial charge is 0.422 e. The number of aryl methyl sites for hydroxylation is 2. The highest BCUT2D eigenvalue weighted by Crippen LogP contribution is 2.17. The summed E-state index contributed by atoms with van der Waals surface area (Å²) in [5.41, 5.74) is 2.33. The molecular formula is C14H16O2. The summed E-state index contributed by atoms with van der Waals surface area (Å²) in [6.07, 6.45) is 2.93. The van der Waals surface area contributed by atoms with Crippen molar-refractivity contribution < 1.29 is 4.42 Å². The Morgan fingerprint density at radius 2 is 2.12 bits per heavy atom. The monoisotopic (exact) mass is 216 g/mol. The Kier molecular flexibility index (Phi) is 3.09. The van der Waals surface area contributed by atoms with Crippen LogP contribution in [0.5, 0.6) is 0 Å². The van der Waals surface area contributed by atoms with Gasteiger partial charge in [0, 0.05) is 10.9 Å². The normalized spacial score (nSPS) is 10.9. The third-order valence-corrected chi connectivity index (χ3v) is 2.83. The van der Waals surface area contributed by atoms with E-state index in [1.807, 2.05) is 31.2 Å². The summed E-state index contributed by atoms with van der Waals surface area (Å²) in [7, 11) is 0. The Hall–Kier alpha value is -1.57. The zero-order valence-corrected chi connectivity index (χ0v) is 9.75. The predicted octanol–water partition coefficient (Wildman–Crippen LogP) is 3.44. The van der Waals surface area contributed by atoms with Crippen LogP contribution in [0.25, 0.3) is 11.0 Å². The van der Waals surface area contributed by atoms with Crippen molar-refractivity contribution in [1.82, 2.24) is 0 Å². The first kappa shape index (κ1) is 10.9. The molecule has 0 radical (unpaired) electrons. The van der Waals surface area contributed by atoms with Crippen molar-refractivity contribution in [3.8, 4) is 0 Å². The molecule has 0 bridgehead atoms. The molecule has 1 aromatic carbocycles. The van der Waals surface area contributed by atoms with E-state index in [0.29, 0.717) is 5.58 Å². The minimum atomic E-state index is -0.185. The number of fused-ring (bicyclic) bond motifs is 1. The smallest absolute Gasteiger partial charge is 0.339 e. The molecule has 2 heteroatoms. The Bertz CT molecular complexity index is 552. The SMILES string of the molecule is CCCCc1cc2cccc(C)c2oc1=O. The van der Waals surface area contributed by atoms with E-state index in [-0.39, 0.29) is 5.63 Å². The van der Waals surface area contributed by atoms with Crippen LogP contribution in [0.4, 0.5) is 0 Å². The lowest BCUT2D eigenvalue weighted by atomic mass is 10.1. The zero-order chi connectivity index (χ0) is 11.5. The molecule has 16 heavy (non-hydrogen) atoms. The van der Waals surface area contributed by atoms with Crippen molar-refractivity contribution in [1.29, 1.82) is 0 Å². The highest BCUT2D eigenvalue weighted by Gasteiger charge is 2.06. The molecular weight excluding hydrogens is 200 g/mol. The van der Waals surface area contributed by atoms with Crippen LogP contribution in [0, 0.1) is 6.92 Å². The minimum absolute atomic E-state index is 0.185. The summed E-state index contributed by atoms with van der Waals surface area (Å²) < 4.78 is 5.37. The van der Waals surface area contributed by atoms with Gasteiger partial charge in [-0.25, -0.2) is 4.79 Å². The van der Waals surface area contributed by atoms with Gasteiger partial charge in [0.25, 0.3) is 0 Å². The fraction of sp³-hybridized carbons (Fsp3) is 0.357. The summed E-state index contributed by atoms with van der Waals surface area (Å²) in [6, 6.07) is 7.89. The lowest BCUT2D eigenvalue weighted by Crippen LogP contribution is -2.07. The lowest BCUT2D eigenvalue weighted by Gasteiger charge is -2.03. The number of para-hydroxylation sites is 1. The maximum Gasteiger partial charge on any atom is 0.339 e. The van der Waals surface area contributed by atoms with Crippen LogP contribution in [0.15, 0.2) is 33.5 Å². The molecule has 0 saturated carbocycles. The quantitative estimate of drug-likeness (QED) is 0.736. The Morgan fingerprint density at radius 3 is 2.88 bits per heavy atom. The van der Waals surface area contributed by atoms with E-state index < -0.39 is 0 Å². The van der Waals surface area contributed by atoms with Gasteiger partial charge < -0.3 is 4.42 Å². The van der Waals surface area contributed by atoms with Gasteiger partial charge in [0.2, 0.25) is 0 Å². The molecule has 0 fully saturated rings. The second-order valence-electron chi connectivity index (χ2n) is 4.16. The molecule has 0 spiro atoms. The summed E-state index contributed by atoms with van der Waals surface area (Å²) in [6.45, 7) is 4.07. The Morgan fingerprint density at radius 1 is 1.31 bits per heavy atom. The molecule has 0 amide bonds. The Labute approximate surface area is 94.9 Å². The van der Waals surface area contributed by atoms with Crippen LogP contribution >= 0.6 is 0 Å². The van der Waals surface area contributed by atoms with Gasteiger partial charge in [0.15, 0.2) is 0 Å². The summed E-state index contributed by atoms with van der Waals surface area (Å²) >= 11 is 0. The van der Waals surface area contributed by atoms with Crippen LogP contribution in [-0.4, -0.2) is 0 Å². The van der Waals surface area contributed by atoms with Crippen LogP contribution in [0.2, 0.25) is 0 Å². The first-order valence-corrected chi connectivity index (χ1v) is 5.74. The fourth-order valence-corrected chi connectivity index (χ4v) is 1.87. The summed E-state index contributed by atoms with van der Waals surface area (Å²) in [4.78, 5) is 11.7. The van der Waals surface area contributed by atoms with Crippen molar-refractivity contribution in [2.45, 2.75) is 33.1 Å². The molecule has 1 heterocycles. The molecule has 0 unspecified atom stereocenters. The summed E-state index contributed by atoms with van der Waals surface area (Å²) in [5.74, 6) is 0. The van der Waals surface area contributed by atoms with Crippen molar-refractivity contribution in [3.05, 3.63) is 45.8 Å². The highest BCUT2D eigenvalue weighted by molar-refractivity contribution is 5.79. The average Bonchev–Trinajstić information content (AvgIpc) is 2.28. The molecule has 2 aromatic rings. The number of hydrogen-bond acceptors (Lipinski definition) is 2. The van der Waals surface area contributed by atoms with Crippen molar-refractivity contribution in [2.24, 2.45) is 0 Å². The van der Waals surface area contributed by atoms with Crippen LogP contribution in [0.1, 0.15) is 30.9 Å². The predicted molar refractivity (Wildman–Crippen MR) is 65.8 cm³/mol. The van der Waals surface area contributed by atoms with Gasteiger partial charge in [-0.15, -0.1) is 0 Å². The molecule has 0 aliphatic carbocycles. The molecule has 0 aliphatic rings. The van der Waals surface area contributed by atoms with Crippen LogP contribution < -0.4 is 5.63 Å². The number of benzene rings is 1. The van der Waals surface area contributed by atoms with E-state index in [4.69, 9.17) is 4.42 Å². The van der Waals surface area contributed by atoms with Crippen LogP contribution in [-0.2, 0) is 6.42 Å². The molecule has 0 saturated heterocycles. The number of rotatable bonds is 3. The highest BCUT2D eigenvalue weighted by atomic mass is 16.4. The second-order valence-corrected chi connectivity index (χ2v) is 4.16. The van der Waals surface area contributed by atoms with E-state index in [0.717, 1.165) is 35.8 Å². The molecule has 84 valence electrons. The van der Waals surface area contributed by atoms with Crippen LogP contribution in [0.3, 0.4) is 0 Å². The minimum Gasteiger partial charge on any atom is -0.422 e. The molecule has 2 rings (SSSR count). The molecule has 2 nitrogen and oxygen atoms in total. The van der Waals surface area contributed by atoms with E-state index in [2.05, 4.69) is 6.92 Å². The lowest BCUT2D eigenvalue weighted by molar-refractivity contribution is 0.545. The molecule has 0 aliphatic heterocycles. The first-order valence-electron chi connectivity index (χ1n) is 5.74. The summed E-state index contributed by atoms with van der Waals surface area (Å²) in [5, 5.41) is 1.02. The first-order chi connectivity index (χ1) is 7.72. The molecule has 0 N–H and O–H groups in total. The van der Waals surface area contributed by atoms with Gasteiger partial charge in [0.1, 0.15) is 5.58 Å². The molecule has 0 atom stereocenters. The van der Waals surface area contributed by atoms with Gasteiger partial charge >= 0.3 is 5.63 Å².